The SMILES string of the molecule is COc1ncnc(OC(C)=O)c1[N+](=O)[O-]. The highest BCUT2D eigenvalue weighted by Crippen LogP contribution is 2.31. The van der Waals surface area contributed by atoms with E-state index < -0.39 is 22.5 Å². The maximum Gasteiger partial charge on any atom is 0.392 e. The average Bonchev–Trinajstić information content (AvgIpc) is 2.15. The number of hydrogen-bond acceptors (Lipinski definition) is 7. The summed E-state index contributed by atoms with van der Waals surface area (Å²) in [7, 11) is 1.22. The van der Waals surface area contributed by atoms with Gasteiger partial charge in [0.1, 0.15) is 6.33 Å². The lowest BCUT2D eigenvalue weighted by Gasteiger charge is -2.03. The number of esters is 1. The standard InChI is InChI=1S/C7H7N3O5/c1-4(11)15-7-5(10(12)13)6(14-2)8-3-9-7/h3H,1-2H3. The van der Waals surface area contributed by atoms with Crippen molar-refractivity contribution in [2.24, 2.45) is 0 Å². The Morgan fingerprint density at radius 1 is 1.47 bits per heavy atom. The molecule has 80 valence electrons. The van der Waals surface area contributed by atoms with Crippen LogP contribution in [0, 0.1) is 10.1 Å². The zero-order valence-corrected chi connectivity index (χ0v) is 7.96. The Morgan fingerprint density at radius 2 is 2.07 bits per heavy atom. The molecule has 15 heavy (non-hydrogen) atoms. The lowest BCUT2D eigenvalue weighted by atomic mass is 10.5. The van der Waals surface area contributed by atoms with E-state index >= 15 is 0 Å². The molecule has 0 saturated carbocycles. The number of carbonyl (C=O) groups excluding carboxylic acids is 1. The van der Waals surface area contributed by atoms with Crippen molar-refractivity contribution >= 4 is 11.7 Å². The molecule has 8 nitrogen and oxygen atoms in total. The predicted octanol–water partition coefficient (Wildman–Crippen LogP) is 0.319. The number of methoxy groups -OCH3 is 1. The molecule has 0 aliphatic rings. The van der Waals surface area contributed by atoms with E-state index in [1.807, 2.05) is 0 Å². The minimum Gasteiger partial charge on any atom is -0.476 e. The van der Waals surface area contributed by atoms with Crippen LogP contribution in [0.3, 0.4) is 0 Å². The first-order valence-corrected chi connectivity index (χ1v) is 3.78. The van der Waals surface area contributed by atoms with Gasteiger partial charge in [-0.3, -0.25) is 14.9 Å². The third-order valence-corrected chi connectivity index (χ3v) is 1.37. The van der Waals surface area contributed by atoms with Gasteiger partial charge < -0.3 is 9.47 Å². The summed E-state index contributed by atoms with van der Waals surface area (Å²) in [6.45, 7) is 1.11. The van der Waals surface area contributed by atoms with Gasteiger partial charge in [-0.2, -0.15) is 9.97 Å². The number of aromatic nitrogens is 2. The Morgan fingerprint density at radius 3 is 2.53 bits per heavy atom. The second kappa shape index (κ2) is 4.31. The van der Waals surface area contributed by atoms with E-state index in [4.69, 9.17) is 0 Å². The fourth-order valence-corrected chi connectivity index (χ4v) is 0.864. The number of ether oxygens (including phenoxy) is 2. The molecule has 0 radical (unpaired) electrons. The minimum absolute atomic E-state index is 0.258. The maximum atomic E-state index is 10.6. The molecule has 1 heterocycles. The van der Waals surface area contributed by atoms with E-state index in [0.717, 1.165) is 13.3 Å². The molecule has 1 rings (SSSR count). The van der Waals surface area contributed by atoms with E-state index in [1.165, 1.54) is 7.11 Å². The highest BCUT2D eigenvalue weighted by molar-refractivity contribution is 5.70. The van der Waals surface area contributed by atoms with Crippen molar-refractivity contribution in [2.45, 2.75) is 6.92 Å². The van der Waals surface area contributed by atoms with Crippen LogP contribution in [0.15, 0.2) is 6.33 Å². The van der Waals surface area contributed by atoms with Gasteiger partial charge >= 0.3 is 23.4 Å². The molecule has 1 aromatic heterocycles. The molecule has 0 fully saturated rings. The lowest BCUT2D eigenvalue weighted by Crippen LogP contribution is -2.07. The lowest BCUT2D eigenvalue weighted by molar-refractivity contribution is -0.387. The summed E-state index contributed by atoms with van der Waals surface area (Å²) < 4.78 is 9.18. The summed E-state index contributed by atoms with van der Waals surface area (Å²) in [6.07, 6.45) is 1.00. The molecule has 0 bridgehead atoms. The smallest absolute Gasteiger partial charge is 0.392 e. The van der Waals surface area contributed by atoms with Crippen LogP contribution < -0.4 is 9.47 Å². The fourth-order valence-electron chi connectivity index (χ4n) is 0.864. The molecule has 0 aliphatic carbocycles. The van der Waals surface area contributed by atoms with Gasteiger partial charge in [0.2, 0.25) is 0 Å². The van der Waals surface area contributed by atoms with Gasteiger partial charge in [0, 0.05) is 6.92 Å². The number of hydrogen-bond donors (Lipinski definition) is 0. The highest BCUT2D eigenvalue weighted by atomic mass is 16.6. The summed E-state index contributed by atoms with van der Waals surface area (Å²) in [5.41, 5.74) is -0.574. The first-order chi connectivity index (χ1) is 7.06. The largest absolute Gasteiger partial charge is 0.476 e. The second-order valence-corrected chi connectivity index (χ2v) is 2.39. The third kappa shape index (κ3) is 2.36. The summed E-state index contributed by atoms with van der Waals surface area (Å²) in [6, 6.07) is 0. The van der Waals surface area contributed by atoms with Crippen molar-refractivity contribution < 1.29 is 19.2 Å². The van der Waals surface area contributed by atoms with Crippen LogP contribution in [0.2, 0.25) is 0 Å². The predicted molar refractivity (Wildman–Crippen MR) is 46.5 cm³/mol. The van der Waals surface area contributed by atoms with Gasteiger partial charge in [-0.15, -0.1) is 0 Å². The topological polar surface area (TPSA) is 104 Å². The minimum atomic E-state index is -0.781. The van der Waals surface area contributed by atoms with Gasteiger partial charge in [-0.1, -0.05) is 0 Å². The molecule has 8 heteroatoms. The normalized spacial score (nSPS) is 9.47. The third-order valence-electron chi connectivity index (χ3n) is 1.37. The van der Waals surface area contributed by atoms with Crippen LogP contribution in [0.1, 0.15) is 6.92 Å². The molecular weight excluding hydrogens is 206 g/mol. The van der Waals surface area contributed by atoms with Crippen LogP contribution in [-0.4, -0.2) is 28.0 Å². The van der Waals surface area contributed by atoms with E-state index in [-0.39, 0.29) is 5.88 Å². The maximum absolute atomic E-state index is 10.6. The molecule has 0 aliphatic heterocycles. The van der Waals surface area contributed by atoms with Crippen molar-refractivity contribution in [1.29, 1.82) is 0 Å². The summed E-state index contributed by atoms with van der Waals surface area (Å²) in [5, 5.41) is 10.6. The van der Waals surface area contributed by atoms with E-state index in [9.17, 15) is 14.9 Å². The molecule has 0 spiro atoms. The van der Waals surface area contributed by atoms with E-state index in [2.05, 4.69) is 19.4 Å². The first kappa shape index (κ1) is 10.8. The van der Waals surface area contributed by atoms with Gasteiger partial charge in [-0.25, -0.2) is 0 Å². The average molecular weight is 213 g/mol. The zero-order chi connectivity index (χ0) is 11.4. The highest BCUT2D eigenvalue weighted by Gasteiger charge is 2.26. The van der Waals surface area contributed by atoms with Crippen LogP contribution in [-0.2, 0) is 4.79 Å². The second-order valence-electron chi connectivity index (χ2n) is 2.39. The van der Waals surface area contributed by atoms with Crippen molar-refractivity contribution in [3.05, 3.63) is 16.4 Å². The van der Waals surface area contributed by atoms with Crippen LogP contribution in [0.25, 0.3) is 0 Å². The Hall–Kier alpha value is -2.25. The summed E-state index contributed by atoms with van der Waals surface area (Å²) in [4.78, 5) is 27.5. The van der Waals surface area contributed by atoms with Crippen LogP contribution in [0.5, 0.6) is 11.8 Å². The van der Waals surface area contributed by atoms with Crippen molar-refractivity contribution in [1.82, 2.24) is 9.97 Å². The van der Waals surface area contributed by atoms with Gasteiger partial charge in [-0.05, 0) is 0 Å². The molecule has 0 aromatic carbocycles. The number of nitrogens with zero attached hydrogens (tertiary/aromatic N) is 3. The van der Waals surface area contributed by atoms with Crippen LogP contribution >= 0.6 is 0 Å². The number of rotatable bonds is 3. The Labute approximate surface area is 84.0 Å². The van der Waals surface area contributed by atoms with Crippen molar-refractivity contribution in [3.63, 3.8) is 0 Å². The monoisotopic (exact) mass is 213 g/mol. The van der Waals surface area contributed by atoms with E-state index in [1.54, 1.807) is 0 Å². The zero-order valence-electron chi connectivity index (χ0n) is 7.96. The summed E-state index contributed by atoms with van der Waals surface area (Å²) in [5.74, 6) is -1.40. The molecule has 1 aromatic rings. The Kier molecular flexibility index (Phi) is 3.11. The number of carbonyl (C=O) groups is 1. The molecule has 0 atom stereocenters. The quantitative estimate of drug-likeness (QED) is 0.404. The summed E-state index contributed by atoms with van der Waals surface area (Å²) >= 11 is 0. The molecule has 0 unspecified atom stereocenters. The van der Waals surface area contributed by atoms with Gasteiger partial charge in [0.15, 0.2) is 0 Å². The molecule has 0 saturated heterocycles. The molecular formula is C7H7N3O5. The first-order valence-electron chi connectivity index (χ1n) is 3.78. The van der Waals surface area contributed by atoms with Crippen LogP contribution in [0.4, 0.5) is 5.69 Å². The van der Waals surface area contributed by atoms with E-state index in [0.29, 0.717) is 0 Å². The molecule has 0 N–H and O–H groups in total. The fraction of sp³-hybridized carbons (Fsp3) is 0.286. The van der Waals surface area contributed by atoms with Gasteiger partial charge in [0.05, 0.1) is 12.0 Å². The Balaban J connectivity index is 3.25. The number of nitro groups is 1. The Bertz CT molecular complexity index is 406. The van der Waals surface area contributed by atoms with Crippen molar-refractivity contribution in [3.8, 4) is 11.8 Å². The molecule has 0 amide bonds. The van der Waals surface area contributed by atoms with Gasteiger partial charge in [0.25, 0.3) is 0 Å². The van der Waals surface area contributed by atoms with Crippen molar-refractivity contribution in [2.75, 3.05) is 7.11 Å².